The summed E-state index contributed by atoms with van der Waals surface area (Å²) < 4.78 is 6.43. The van der Waals surface area contributed by atoms with Gasteiger partial charge in [-0.05, 0) is 25.3 Å². The zero-order chi connectivity index (χ0) is 16.3. The summed E-state index contributed by atoms with van der Waals surface area (Å²) in [6.07, 6.45) is 1.96. The minimum atomic E-state index is -0.648. The second kappa shape index (κ2) is 6.98. The molecule has 0 saturated heterocycles. The highest BCUT2D eigenvalue weighted by Crippen LogP contribution is 2.20. The number of hydrogen-bond donors (Lipinski definition) is 0. The topological polar surface area (TPSA) is 61.2 Å². The monoisotopic (exact) mass is 338 g/mol. The van der Waals surface area contributed by atoms with E-state index in [1.165, 1.54) is 4.68 Å². The number of benzene rings is 1. The van der Waals surface area contributed by atoms with Gasteiger partial charge in [0, 0.05) is 17.5 Å². The molecule has 0 bridgehead atoms. The number of hydrogen-bond acceptors (Lipinski definition) is 5. The summed E-state index contributed by atoms with van der Waals surface area (Å²) in [6.45, 7) is 1.33. The number of aryl methyl sites for hydroxylation is 2. The van der Waals surface area contributed by atoms with Crippen molar-refractivity contribution < 1.29 is 14.3 Å². The van der Waals surface area contributed by atoms with E-state index >= 15 is 0 Å². The number of Topliss-reactive ketones (excluding diaryl/α,β-unsaturated/α-hetero) is 1. The molecule has 0 aliphatic carbocycles. The van der Waals surface area contributed by atoms with E-state index in [0.29, 0.717) is 11.3 Å². The van der Waals surface area contributed by atoms with Gasteiger partial charge in [-0.2, -0.15) is 5.10 Å². The molecular weight excluding hydrogens is 324 g/mol. The molecule has 0 aliphatic rings. The molecule has 7 heteroatoms. The van der Waals surface area contributed by atoms with E-state index in [1.54, 1.807) is 37.9 Å². The summed E-state index contributed by atoms with van der Waals surface area (Å²) in [4.78, 5) is 25.1. The number of aromatic nitrogens is 2. The van der Waals surface area contributed by atoms with E-state index in [4.69, 9.17) is 16.3 Å². The molecule has 0 unspecified atom stereocenters. The molecule has 1 heterocycles. The highest BCUT2D eigenvalue weighted by atomic mass is 35.5. The van der Waals surface area contributed by atoms with Crippen LogP contribution < -0.4 is 0 Å². The third kappa shape index (κ3) is 3.51. The first-order valence-electron chi connectivity index (χ1n) is 6.47. The van der Waals surface area contributed by atoms with Crippen LogP contribution in [0.5, 0.6) is 0 Å². The summed E-state index contributed by atoms with van der Waals surface area (Å²) in [6, 6.07) is 7.12. The Hall–Kier alpha value is -1.79. The Balaban J connectivity index is 2.02. The lowest BCUT2D eigenvalue weighted by atomic mass is 10.1. The third-order valence-corrected chi connectivity index (χ3v) is 4.28. The molecular formula is C15H15ClN2O3S. The Morgan fingerprint density at radius 1 is 1.32 bits per heavy atom. The lowest BCUT2D eigenvalue weighted by molar-refractivity contribution is 0.0474. The predicted molar refractivity (Wildman–Crippen MR) is 85.8 cm³/mol. The SMILES string of the molecule is CSc1ccc(C(=O)COC(=O)c2c(C)nn(C)c2Cl)cc1. The number of rotatable bonds is 5. The molecule has 22 heavy (non-hydrogen) atoms. The number of ether oxygens (including phenoxy) is 1. The second-order valence-electron chi connectivity index (χ2n) is 4.60. The highest BCUT2D eigenvalue weighted by Gasteiger charge is 2.21. The van der Waals surface area contributed by atoms with Crippen molar-refractivity contribution in [3.8, 4) is 0 Å². The zero-order valence-electron chi connectivity index (χ0n) is 12.4. The van der Waals surface area contributed by atoms with Gasteiger partial charge in [0.15, 0.2) is 12.4 Å². The van der Waals surface area contributed by atoms with Crippen molar-refractivity contribution in [3.05, 3.63) is 46.2 Å². The Labute approximate surface area is 137 Å². The Kier molecular flexibility index (Phi) is 5.26. The minimum absolute atomic E-state index is 0.190. The summed E-state index contributed by atoms with van der Waals surface area (Å²) in [7, 11) is 1.63. The van der Waals surface area contributed by atoms with Crippen LogP contribution in [0.15, 0.2) is 29.2 Å². The number of carbonyl (C=O) groups excluding carboxylic acids is 2. The third-order valence-electron chi connectivity index (χ3n) is 3.10. The summed E-state index contributed by atoms with van der Waals surface area (Å²) in [5.74, 6) is -0.914. The molecule has 1 aromatic heterocycles. The molecule has 2 rings (SSSR count). The first kappa shape index (κ1) is 16.6. The first-order chi connectivity index (χ1) is 10.4. The molecule has 0 saturated carbocycles. The van der Waals surface area contributed by atoms with Gasteiger partial charge in [0.25, 0.3) is 0 Å². The van der Waals surface area contributed by atoms with Gasteiger partial charge in [-0.3, -0.25) is 9.48 Å². The highest BCUT2D eigenvalue weighted by molar-refractivity contribution is 7.98. The average Bonchev–Trinajstić information content (AvgIpc) is 2.77. The van der Waals surface area contributed by atoms with Gasteiger partial charge < -0.3 is 4.74 Å². The molecule has 0 N–H and O–H groups in total. The average molecular weight is 339 g/mol. The fraction of sp³-hybridized carbons (Fsp3) is 0.267. The van der Waals surface area contributed by atoms with Crippen LogP contribution in [-0.2, 0) is 11.8 Å². The maximum Gasteiger partial charge on any atom is 0.343 e. The van der Waals surface area contributed by atoms with Crippen molar-refractivity contribution in [3.63, 3.8) is 0 Å². The Morgan fingerprint density at radius 2 is 1.95 bits per heavy atom. The molecule has 0 atom stereocenters. The van der Waals surface area contributed by atoms with Crippen molar-refractivity contribution in [2.24, 2.45) is 7.05 Å². The molecule has 116 valence electrons. The van der Waals surface area contributed by atoms with Crippen molar-refractivity contribution >= 4 is 35.1 Å². The predicted octanol–water partition coefficient (Wildman–Crippen LogP) is 3.14. The number of halogens is 1. The quantitative estimate of drug-likeness (QED) is 0.476. The van der Waals surface area contributed by atoms with Crippen LogP contribution in [0.25, 0.3) is 0 Å². The lowest BCUT2D eigenvalue weighted by Gasteiger charge is -2.05. The van der Waals surface area contributed by atoms with Crippen LogP contribution in [-0.4, -0.2) is 34.4 Å². The van der Waals surface area contributed by atoms with E-state index in [2.05, 4.69) is 5.10 Å². The molecule has 0 amide bonds. The molecule has 5 nitrogen and oxygen atoms in total. The van der Waals surface area contributed by atoms with Gasteiger partial charge in [-0.15, -0.1) is 11.8 Å². The van der Waals surface area contributed by atoms with Gasteiger partial charge in [0.2, 0.25) is 0 Å². The zero-order valence-corrected chi connectivity index (χ0v) is 14.0. The molecule has 0 aliphatic heterocycles. The molecule has 0 radical (unpaired) electrons. The fourth-order valence-corrected chi connectivity index (χ4v) is 2.59. The number of nitrogens with zero attached hydrogens (tertiary/aromatic N) is 2. The largest absolute Gasteiger partial charge is 0.454 e. The minimum Gasteiger partial charge on any atom is -0.454 e. The molecule has 1 aromatic carbocycles. The Bertz CT molecular complexity index is 710. The van der Waals surface area contributed by atoms with Crippen LogP contribution >= 0.6 is 23.4 Å². The number of esters is 1. The van der Waals surface area contributed by atoms with Crippen LogP contribution in [0.2, 0.25) is 5.15 Å². The van der Waals surface area contributed by atoms with Gasteiger partial charge in [0.1, 0.15) is 10.7 Å². The van der Waals surface area contributed by atoms with Crippen molar-refractivity contribution in [2.75, 3.05) is 12.9 Å². The van der Waals surface area contributed by atoms with E-state index in [1.807, 2.05) is 18.4 Å². The standard InChI is InChI=1S/C15H15ClN2O3S/c1-9-13(14(16)18(2)17-9)15(20)21-8-12(19)10-4-6-11(22-3)7-5-10/h4-7H,8H2,1-3H3. The van der Waals surface area contributed by atoms with Gasteiger partial charge in [-0.1, -0.05) is 23.7 Å². The number of ketones is 1. The molecule has 2 aromatic rings. The normalized spacial score (nSPS) is 10.5. The summed E-state index contributed by atoms with van der Waals surface area (Å²) in [5, 5.41) is 4.23. The Morgan fingerprint density at radius 3 is 2.45 bits per heavy atom. The molecule has 0 spiro atoms. The smallest absolute Gasteiger partial charge is 0.343 e. The van der Waals surface area contributed by atoms with Crippen LogP contribution in [0.3, 0.4) is 0 Å². The van der Waals surface area contributed by atoms with Crippen LogP contribution in [0.1, 0.15) is 26.4 Å². The van der Waals surface area contributed by atoms with E-state index < -0.39 is 5.97 Å². The summed E-state index contributed by atoms with van der Waals surface area (Å²) in [5.41, 5.74) is 1.16. The van der Waals surface area contributed by atoms with Crippen molar-refractivity contribution in [1.82, 2.24) is 9.78 Å². The van der Waals surface area contributed by atoms with Gasteiger partial charge in [0.05, 0.1) is 5.69 Å². The maximum absolute atomic E-state index is 12.0. The van der Waals surface area contributed by atoms with E-state index in [-0.39, 0.29) is 23.1 Å². The van der Waals surface area contributed by atoms with Crippen molar-refractivity contribution in [1.29, 1.82) is 0 Å². The maximum atomic E-state index is 12.0. The fourth-order valence-electron chi connectivity index (χ4n) is 1.93. The summed E-state index contributed by atoms with van der Waals surface area (Å²) >= 11 is 7.58. The first-order valence-corrected chi connectivity index (χ1v) is 8.07. The van der Waals surface area contributed by atoms with Gasteiger partial charge in [-0.25, -0.2) is 4.79 Å². The van der Waals surface area contributed by atoms with Crippen LogP contribution in [0, 0.1) is 6.92 Å². The van der Waals surface area contributed by atoms with Gasteiger partial charge >= 0.3 is 5.97 Å². The number of carbonyl (C=O) groups is 2. The van der Waals surface area contributed by atoms with E-state index in [9.17, 15) is 9.59 Å². The second-order valence-corrected chi connectivity index (χ2v) is 5.84. The van der Waals surface area contributed by atoms with Crippen molar-refractivity contribution in [2.45, 2.75) is 11.8 Å². The molecule has 0 fully saturated rings. The lowest BCUT2D eigenvalue weighted by Crippen LogP contribution is -2.15. The van der Waals surface area contributed by atoms with E-state index in [0.717, 1.165) is 4.90 Å². The van der Waals surface area contributed by atoms with Crippen LogP contribution in [0.4, 0.5) is 0 Å². The number of thioether (sulfide) groups is 1.